The lowest BCUT2D eigenvalue weighted by atomic mass is 10.2. The van der Waals surface area contributed by atoms with Gasteiger partial charge in [-0.1, -0.05) is 0 Å². The van der Waals surface area contributed by atoms with Crippen LogP contribution < -0.4 is 5.32 Å². The normalized spacial score (nSPS) is 19.0. The van der Waals surface area contributed by atoms with Crippen LogP contribution in [0.3, 0.4) is 0 Å². The average molecular weight is 393 g/mol. The van der Waals surface area contributed by atoms with Gasteiger partial charge in [-0.15, -0.1) is 0 Å². The molecule has 0 aromatic heterocycles. The van der Waals surface area contributed by atoms with E-state index in [-0.39, 0.29) is 48.9 Å². The van der Waals surface area contributed by atoms with Crippen LogP contribution in [0.2, 0.25) is 0 Å². The number of nitro benzene ring substituents is 1. The summed E-state index contributed by atoms with van der Waals surface area (Å²) in [4.78, 5) is 47.4. The second-order valence-corrected chi connectivity index (χ2v) is 6.53. The summed E-state index contributed by atoms with van der Waals surface area (Å²) in [6.45, 7) is 4.31. The maximum atomic E-state index is 12.1. The molecule has 0 unspecified atom stereocenters. The Morgan fingerprint density at radius 2 is 1.82 bits per heavy atom. The van der Waals surface area contributed by atoms with E-state index in [1.165, 1.54) is 24.3 Å². The number of nitrogens with one attached hydrogen (secondary N) is 1. The Hall–Kier alpha value is -3.01. The van der Waals surface area contributed by atoms with Crippen LogP contribution in [0.15, 0.2) is 24.3 Å². The third-order valence-corrected chi connectivity index (χ3v) is 4.08. The number of nitrogens with zero attached hydrogens (tertiary/aromatic N) is 2. The highest BCUT2D eigenvalue weighted by molar-refractivity contribution is 5.94. The summed E-state index contributed by atoms with van der Waals surface area (Å²) in [5.41, 5.74) is 0.124. The van der Waals surface area contributed by atoms with Gasteiger partial charge >= 0.3 is 5.97 Å². The third-order valence-electron chi connectivity index (χ3n) is 4.08. The van der Waals surface area contributed by atoms with Crippen molar-refractivity contribution in [3.05, 3.63) is 39.9 Å². The van der Waals surface area contributed by atoms with Gasteiger partial charge in [-0.2, -0.15) is 0 Å². The van der Waals surface area contributed by atoms with Crippen LogP contribution in [0.5, 0.6) is 0 Å². The molecule has 1 aromatic carbocycles. The molecule has 1 heterocycles. The number of esters is 1. The first-order valence-corrected chi connectivity index (χ1v) is 8.87. The van der Waals surface area contributed by atoms with Crippen LogP contribution in [0.25, 0.3) is 0 Å². The lowest BCUT2D eigenvalue weighted by Crippen LogP contribution is -2.49. The van der Waals surface area contributed by atoms with Crippen molar-refractivity contribution in [2.24, 2.45) is 0 Å². The number of nitro groups is 1. The highest BCUT2D eigenvalue weighted by Crippen LogP contribution is 2.12. The SMILES string of the molecule is C[C@H]1CN(C(=O)COC(=O)CCNC(=O)c2ccc([N+](=O)[O-])cc2)C[C@H](C)O1. The summed E-state index contributed by atoms with van der Waals surface area (Å²) in [7, 11) is 0. The molecule has 1 fully saturated rings. The smallest absolute Gasteiger partial charge is 0.308 e. The molecule has 0 aliphatic carbocycles. The fraction of sp³-hybridized carbons (Fsp3) is 0.500. The third kappa shape index (κ3) is 6.31. The molecule has 10 heteroatoms. The van der Waals surface area contributed by atoms with E-state index >= 15 is 0 Å². The van der Waals surface area contributed by atoms with Crippen LogP contribution >= 0.6 is 0 Å². The van der Waals surface area contributed by atoms with Gasteiger partial charge in [0.15, 0.2) is 6.61 Å². The Morgan fingerprint density at radius 1 is 1.21 bits per heavy atom. The van der Waals surface area contributed by atoms with E-state index < -0.39 is 16.8 Å². The molecular formula is C18H23N3O7. The van der Waals surface area contributed by atoms with Crippen molar-refractivity contribution in [2.75, 3.05) is 26.2 Å². The van der Waals surface area contributed by atoms with Crippen molar-refractivity contribution >= 4 is 23.5 Å². The van der Waals surface area contributed by atoms with E-state index in [2.05, 4.69) is 5.32 Å². The molecule has 0 bridgehead atoms. The number of non-ortho nitro benzene ring substituents is 1. The Labute approximate surface area is 161 Å². The van der Waals surface area contributed by atoms with Gasteiger partial charge in [0.2, 0.25) is 0 Å². The number of hydrogen-bond acceptors (Lipinski definition) is 7. The highest BCUT2D eigenvalue weighted by Gasteiger charge is 2.26. The lowest BCUT2D eigenvalue weighted by Gasteiger charge is -2.35. The van der Waals surface area contributed by atoms with Gasteiger partial charge in [0.1, 0.15) is 0 Å². The number of amides is 2. The molecule has 10 nitrogen and oxygen atoms in total. The van der Waals surface area contributed by atoms with Crippen molar-refractivity contribution < 1.29 is 28.8 Å². The summed E-state index contributed by atoms with van der Waals surface area (Å²) in [6, 6.07) is 5.10. The van der Waals surface area contributed by atoms with E-state index in [1.807, 2.05) is 13.8 Å². The number of carbonyl (C=O) groups excluding carboxylic acids is 3. The summed E-state index contributed by atoms with van der Waals surface area (Å²) in [5, 5.41) is 13.1. The number of carbonyl (C=O) groups is 3. The molecule has 1 N–H and O–H groups in total. The van der Waals surface area contributed by atoms with E-state index in [0.717, 1.165) is 0 Å². The molecule has 1 aliphatic rings. The van der Waals surface area contributed by atoms with Crippen molar-refractivity contribution in [2.45, 2.75) is 32.5 Å². The molecule has 1 aliphatic heterocycles. The number of benzene rings is 1. The first-order chi connectivity index (χ1) is 13.3. The van der Waals surface area contributed by atoms with Gasteiger partial charge in [-0.25, -0.2) is 0 Å². The van der Waals surface area contributed by atoms with Crippen molar-refractivity contribution in [3.8, 4) is 0 Å². The predicted molar refractivity (Wildman–Crippen MR) is 97.6 cm³/mol. The molecular weight excluding hydrogens is 370 g/mol. The molecule has 2 atom stereocenters. The molecule has 1 saturated heterocycles. The average Bonchev–Trinajstić information content (AvgIpc) is 2.65. The van der Waals surface area contributed by atoms with E-state index in [1.54, 1.807) is 4.90 Å². The number of ether oxygens (including phenoxy) is 2. The van der Waals surface area contributed by atoms with Crippen molar-refractivity contribution in [1.82, 2.24) is 10.2 Å². The van der Waals surface area contributed by atoms with E-state index in [4.69, 9.17) is 9.47 Å². The van der Waals surface area contributed by atoms with E-state index in [9.17, 15) is 24.5 Å². The minimum Gasteiger partial charge on any atom is -0.456 e. The molecule has 0 radical (unpaired) electrons. The Bertz CT molecular complexity index is 725. The van der Waals surface area contributed by atoms with Crippen LogP contribution in [-0.2, 0) is 19.1 Å². The first-order valence-electron chi connectivity index (χ1n) is 8.87. The topological polar surface area (TPSA) is 128 Å². The van der Waals surface area contributed by atoms with Crippen molar-refractivity contribution in [3.63, 3.8) is 0 Å². The first kappa shape index (κ1) is 21.3. The van der Waals surface area contributed by atoms with E-state index in [0.29, 0.717) is 13.1 Å². The van der Waals surface area contributed by atoms with Gasteiger partial charge in [-0.3, -0.25) is 24.5 Å². The van der Waals surface area contributed by atoms with Crippen LogP contribution in [0.4, 0.5) is 5.69 Å². The fourth-order valence-corrected chi connectivity index (χ4v) is 2.80. The summed E-state index contributed by atoms with van der Waals surface area (Å²) in [6.07, 6.45) is -0.238. The number of rotatable bonds is 7. The fourth-order valence-electron chi connectivity index (χ4n) is 2.80. The summed E-state index contributed by atoms with van der Waals surface area (Å²) < 4.78 is 10.5. The number of hydrogen-bond donors (Lipinski definition) is 1. The minimum atomic E-state index is -0.605. The predicted octanol–water partition coefficient (Wildman–Crippen LogP) is 0.894. The molecule has 28 heavy (non-hydrogen) atoms. The lowest BCUT2D eigenvalue weighted by molar-refractivity contribution is -0.384. The monoisotopic (exact) mass is 393 g/mol. The summed E-state index contributed by atoms with van der Waals surface area (Å²) in [5.74, 6) is -1.35. The Morgan fingerprint density at radius 3 is 2.39 bits per heavy atom. The molecule has 1 aromatic rings. The zero-order valence-corrected chi connectivity index (χ0v) is 15.8. The van der Waals surface area contributed by atoms with Gasteiger partial charge in [-0.05, 0) is 26.0 Å². The van der Waals surface area contributed by atoms with Crippen molar-refractivity contribution in [1.29, 1.82) is 0 Å². The molecule has 152 valence electrons. The molecule has 2 amide bonds. The van der Waals surface area contributed by atoms with Gasteiger partial charge in [0.25, 0.3) is 17.5 Å². The largest absolute Gasteiger partial charge is 0.456 e. The van der Waals surface area contributed by atoms with Gasteiger partial charge in [0, 0.05) is 37.3 Å². The zero-order valence-electron chi connectivity index (χ0n) is 15.8. The quantitative estimate of drug-likeness (QED) is 0.414. The van der Waals surface area contributed by atoms with Gasteiger partial charge < -0.3 is 19.7 Å². The standard InChI is InChI=1S/C18H23N3O7/c1-12-9-20(10-13(2)28-12)16(22)11-27-17(23)7-8-19-18(24)14-3-5-15(6-4-14)21(25)26/h3-6,12-13H,7-11H2,1-2H3,(H,19,24)/t12-,13-/m0/s1. The van der Waals surface area contributed by atoms with Crippen LogP contribution in [0.1, 0.15) is 30.6 Å². The van der Waals surface area contributed by atoms with Gasteiger partial charge in [0.05, 0.1) is 23.6 Å². The highest BCUT2D eigenvalue weighted by atomic mass is 16.6. The Balaban J connectivity index is 1.68. The van der Waals surface area contributed by atoms with Crippen LogP contribution in [-0.4, -0.2) is 66.1 Å². The minimum absolute atomic E-state index is 0.0223. The molecule has 2 rings (SSSR count). The Kier molecular flexibility index (Phi) is 7.44. The summed E-state index contributed by atoms with van der Waals surface area (Å²) >= 11 is 0. The maximum Gasteiger partial charge on any atom is 0.308 e. The second kappa shape index (κ2) is 9.79. The molecule has 0 saturated carbocycles. The molecule has 0 spiro atoms. The maximum absolute atomic E-state index is 12.1. The zero-order chi connectivity index (χ0) is 20.7. The van der Waals surface area contributed by atoms with Crippen LogP contribution in [0, 0.1) is 10.1 Å². The number of morpholine rings is 1. The second-order valence-electron chi connectivity index (χ2n) is 6.53.